The molecule has 6 aliphatic rings. The zero-order valence-corrected chi connectivity index (χ0v) is 52.5. The van der Waals surface area contributed by atoms with Gasteiger partial charge in [-0.25, -0.2) is 0 Å². The van der Waals surface area contributed by atoms with Crippen molar-refractivity contribution in [2.45, 2.75) is 151 Å². The average Bonchev–Trinajstić information content (AvgIpc) is 1.54. The summed E-state index contributed by atoms with van der Waals surface area (Å²) in [5.41, 5.74) is 3.05. The highest BCUT2D eigenvalue weighted by Crippen LogP contribution is 2.59. The molecular weight excluding hydrogens is 1230 g/mol. The van der Waals surface area contributed by atoms with Crippen molar-refractivity contribution in [1.82, 2.24) is 46.2 Å². The first kappa shape index (κ1) is 66.9. The molecule has 5 fully saturated rings. The molecular formula is C64H75F2N10O14PS. The number of primary amides is 1. The lowest BCUT2D eigenvalue weighted by Crippen LogP contribution is -2.62. The van der Waals surface area contributed by atoms with Gasteiger partial charge in [0.15, 0.2) is 0 Å². The number of nitrogens with two attached hydrogens (primary N) is 1. The van der Waals surface area contributed by atoms with Crippen molar-refractivity contribution in [2.75, 3.05) is 45.9 Å². The minimum atomic E-state index is -5.89. The van der Waals surface area contributed by atoms with Crippen LogP contribution in [0.3, 0.4) is 0 Å². The molecule has 1 unspecified atom stereocenters. The number of likely N-dealkylation sites (N-methyl/N-ethyl adjacent to an activating group) is 1. The normalized spacial score (nSPS) is 21.6. The monoisotopic (exact) mass is 1310 g/mol. The summed E-state index contributed by atoms with van der Waals surface area (Å²) in [7, 11) is -5.89. The molecule has 0 saturated carbocycles. The third kappa shape index (κ3) is 15.4. The van der Waals surface area contributed by atoms with Gasteiger partial charge >= 0.3 is 13.3 Å². The Balaban J connectivity index is 0.816. The lowest BCUT2D eigenvalue weighted by atomic mass is 9.91. The van der Waals surface area contributed by atoms with Crippen LogP contribution in [0.2, 0.25) is 0 Å². The Morgan fingerprint density at radius 2 is 1.62 bits per heavy atom. The number of carbonyl (C=O) groups excluding carboxylic acids is 10. The first-order valence-electron chi connectivity index (χ1n) is 31.2. The summed E-state index contributed by atoms with van der Waals surface area (Å²) >= 11 is 0.917. The number of benzene rings is 3. The average molecular weight is 1310 g/mol. The van der Waals surface area contributed by atoms with E-state index in [1.54, 1.807) is 41.3 Å². The fraction of sp³-hybridized carbons (Fsp3) is 0.500. The molecule has 7 heterocycles. The Morgan fingerprint density at radius 3 is 2.33 bits per heavy atom. The fourth-order valence-electron chi connectivity index (χ4n) is 13.1. The molecule has 0 spiro atoms. The van der Waals surface area contributed by atoms with Gasteiger partial charge in [-0.1, -0.05) is 43.0 Å². The molecule has 0 aliphatic carbocycles. The molecule has 6 aliphatic heterocycles. The van der Waals surface area contributed by atoms with E-state index in [4.69, 9.17) is 10.5 Å². The van der Waals surface area contributed by atoms with E-state index < -0.39 is 96.4 Å². The maximum absolute atomic E-state index is 14.8. The van der Waals surface area contributed by atoms with Crippen LogP contribution in [0, 0.1) is 17.8 Å². The maximum Gasteiger partial charge on any atom is 0.399 e. The van der Waals surface area contributed by atoms with Crippen LogP contribution in [0.4, 0.5) is 8.78 Å². The molecule has 3 aromatic carbocycles. The third-order valence-corrected chi connectivity index (χ3v) is 20.4. The van der Waals surface area contributed by atoms with Gasteiger partial charge in [0.2, 0.25) is 41.4 Å². The zero-order chi connectivity index (χ0) is 65.6. The topological polar surface area (TPSA) is 337 Å². The van der Waals surface area contributed by atoms with Crippen LogP contribution in [0.15, 0.2) is 66.7 Å². The van der Waals surface area contributed by atoms with Crippen molar-refractivity contribution in [3.63, 3.8) is 0 Å². The molecule has 5 saturated heterocycles. The molecule has 0 bridgehead atoms. The number of amides is 10. The largest absolute Gasteiger partial charge is 0.399 e. The van der Waals surface area contributed by atoms with Crippen LogP contribution in [0.1, 0.15) is 143 Å². The van der Waals surface area contributed by atoms with Crippen LogP contribution < -0.4 is 32.3 Å². The highest BCUT2D eigenvalue weighted by molar-refractivity contribution is 7.52. The van der Waals surface area contributed by atoms with Gasteiger partial charge in [-0.2, -0.15) is 8.78 Å². The zero-order valence-electron chi connectivity index (χ0n) is 50.8. The quantitative estimate of drug-likeness (QED) is 0.0357. The van der Waals surface area contributed by atoms with E-state index in [2.05, 4.69) is 38.4 Å². The van der Waals surface area contributed by atoms with E-state index >= 15 is 0 Å². The first-order chi connectivity index (χ1) is 44.0. The van der Waals surface area contributed by atoms with Crippen LogP contribution in [-0.2, 0) is 61.5 Å². The number of thiophene rings is 1. The fourth-order valence-corrected chi connectivity index (χ4v) is 14.5. The summed E-state index contributed by atoms with van der Waals surface area (Å²) in [6.07, 6.45) is 4.61. The van der Waals surface area contributed by atoms with Gasteiger partial charge in [0.05, 0.1) is 4.88 Å². The molecule has 28 heteroatoms. The number of rotatable bonds is 20. The predicted molar refractivity (Wildman–Crippen MR) is 331 cm³/mol. The number of imide groups is 1. The SMILES string of the molecule is CCN1CC[C@H]2CC[C@@H](C(=O)N[C@@H](CCC(N)=O)C(=O)N[C@@H](Cc3ccc(C(=O)NC4CCOCC4)cc3)C(=O)N3CCC(CCC#Cc4cccc5c4CN(C4CCC(=O)NC4=O)C5=O)CC3)N2C(=O)[C@@H](NC(=O)c2cc3cc(C(F)(F)P(=O)(O)O)ccc3s2)C1. The van der Waals surface area contributed by atoms with Gasteiger partial charge in [0.1, 0.15) is 30.2 Å². The van der Waals surface area contributed by atoms with Gasteiger partial charge in [-0.3, -0.25) is 57.8 Å². The summed E-state index contributed by atoms with van der Waals surface area (Å²) in [5, 5.41) is 13.9. The minimum absolute atomic E-state index is 0.0208. The van der Waals surface area contributed by atoms with Gasteiger partial charge in [-0.05, 0) is 136 Å². The standard InChI is InChI=1S/C64H75F2N10O14PS/c1-2-73-27-24-44-15-17-51(76(44)63(86)49(36-73)71-60(83)53-34-41-33-42(14-19-52(41)92-53)64(65,66)91(87,88)89)59(82)69-47(16-20-54(67)77)57(80)70-48(32-38-10-12-40(13-11-38)56(79)68-43-25-30-90-31-26-43)62(85)74-28-22-37(23-29-74)6-3-4-7-39-8-5-9-45-46(39)35-75(61(45)84)50-18-21-55(78)72-58(50)81/h5,8-14,19,33-34,37,43-44,47-51H,2-3,6,15-18,20-32,35-36H2,1H3,(H2,67,77)(H,68,79)(H,69,82)(H,70,80)(H,71,83)(H,72,78,81)(H2,87,88,89)/t44-,47+,48+,49+,50?,51+/m1/s1. The van der Waals surface area contributed by atoms with Crippen LogP contribution in [-0.4, -0.2) is 177 Å². The highest BCUT2D eigenvalue weighted by Gasteiger charge is 2.51. The van der Waals surface area contributed by atoms with Crippen LogP contribution >= 0.6 is 18.9 Å². The summed E-state index contributed by atoms with van der Waals surface area (Å²) < 4.78 is 46.8. The van der Waals surface area contributed by atoms with Gasteiger partial charge in [-0.15, -0.1) is 11.3 Å². The number of likely N-dealkylation sites (tertiary alicyclic amines) is 1. The van der Waals surface area contributed by atoms with Crippen molar-refractivity contribution in [3.05, 3.63) is 105 Å². The second-order valence-electron chi connectivity index (χ2n) is 24.4. The number of alkyl halides is 2. The van der Waals surface area contributed by atoms with E-state index in [9.17, 15) is 71.1 Å². The highest BCUT2D eigenvalue weighted by atomic mass is 32.1. The predicted octanol–water partition coefficient (Wildman–Crippen LogP) is 3.53. The number of fused-ring (bicyclic) bond motifs is 3. The smallest absolute Gasteiger partial charge is 0.381 e. The van der Waals surface area contributed by atoms with Gasteiger partial charge in [0, 0.05) is 111 Å². The molecule has 4 aromatic rings. The number of nitrogens with zero attached hydrogens (tertiary/aromatic N) is 4. The lowest BCUT2D eigenvalue weighted by molar-refractivity contribution is -0.144. The first-order valence-corrected chi connectivity index (χ1v) is 33.6. The van der Waals surface area contributed by atoms with Crippen LogP contribution in [0.5, 0.6) is 0 Å². The van der Waals surface area contributed by atoms with Crippen molar-refractivity contribution in [2.24, 2.45) is 11.7 Å². The van der Waals surface area contributed by atoms with E-state index in [1.807, 2.05) is 17.9 Å². The second kappa shape index (κ2) is 28.9. The Bertz CT molecular complexity index is 3650. The second-order valence-corrected chi connectivity index (χ2v) is 27.1. The summed E-state index contributed by atoms with van der Waals surface area (Å²) in [6, 6.07) is 9.98. The van der Waals surface area contributed by atoms with E-state index in [-0.39, 0.29) is 91.6 Å². The van der Waals surface area contributed by atoms with Crippen molar-refractivity contribution in [3.8, 4) is 11.8 Å². The molecule has 0 radical (unpaired) electrons. The Hall–Kier alpha value is -7.99. The van der Waals surface area contributed by atoms with Gasteiger partial charge in [0.25, 0.3) is 17.7 Å². The number of ether oxygens (including phenoxy) is 1. The van der Waals surface area contributed by atoms with Crippen LogP contribution in [0.25, 0.3) is 10.1 Å². The number of halogens is 2. The van der Waals surface area contributed by atoms with Crippen molar-refractivity contribution < 1.29 is 75.8 Å². The summed E-state index contributed by atoms with van der Waals surface area (Å²) in [4.78, 5) is 162. The summed E-state index contributed by atoms with van der Waals surface area (Å²) in [6.45, 7) is 4.88. The Morgan fingerprint density at radius 1 is 0.870 bits per heavy atom. The molecule has 1 aromatic heterocycles. The molecule has 10 amide bonds. The van der Waals surface area contributed by atoms with E-state index in [0.29, 0.717) is 118 Å². The maximum atomic E-state index is 14.8. The van der Waals surface area contributed by atoms with Crippen molar-refractivity contribution >= 4 is 88.1 Å². The molecule has 10 rings (SSSR count). The lowest BCUT2D eigenvalue weighted by Gasteiger charge is -2.38. The molecule has 9 N–H and O–H groups in total. The van der Waals surface area contributed by atoms with E-state index in [1.165, 1.54) is 21.9 Å². The molecule has 92 heavy (non-hydrogen) atoms. The molecule has 24 nitrogen and oxygen atoms in total. The van der Waals surface area contributed by atoms with Crippen molar-refractivity contribution in [1.29, 1.82) is 0 Å². The summed E-state index contributed by atoms with van der Waals surface area (Å²) in [5.74, 6) is 1.23. The number of carbonyl (C=O) groups is 10. The van der Waals surface area contributed by atoms with E-state index in [0.717, 1.165) is 29.0 Å². The minimum Gasteiger partial charge on any atom is -0.381 e. The molecule has 6 atom stereocenters. The third-order valence-electron chi connectivity index (χ3n) is 18.3. The number of hydrogen-bond donors (Lipinski definition) is 8. The molecule has 490 valence electrons. The number of hydrogen-bond acceptors (Lipinski definition) is 14. The Kier molecular flexibility index (Phi) is 21.0. The Labute approximate surface area is 533 Å². The number of piperidine rings is 2. The number of nitrogens with one attached hydrogen (secondary N) is 5. The van der Waals surface area contributed by atoms with Gasteiger partial charge < -0.3 is 61.1 Å².